The highest BCUT2D eigenvalue weighted by atomic mass is 35.5. The zero-order valence-electron chi connectivity index (χ0n) is 14.0. The van der Waals surface area contributed by atoms with Crippen molar-refractivity contribution in [3.05, 3.63) is 35.9 Å². The highest BCUT2D eigenvalue weighted by Crippen LogP contribution is 2.09. The van der Waals surface area contributed by atoms with Crippen LogP contribution >= 0.6 is 37.2 Å². The molecule has 0 aliphatic carbocycles. The highest BCUT2D eigenvalue weighted by molar-refractivity contribution is 5.86. The van der Waals surface area contributed by atoms with E-state index in [-0.39, 0.29) is 43.1 Å². The normalized spacial score (nSPS) is 16.1. The zero-order chi connectivity index (χ0) is 15.1. The first-order chi connectivity index (χ1) is 10.2. The summed E-state index contributed by atoms with van der Waals surface area (Å²) >= 11 is 0. The number of nitrogens with zero attached hydrogens (tertiary/aromatic N) is 2. The molecule has 0 spiro atoms. The van der Waals surface area contributed by atoms with Crippen LogP contribution < -0.4 is 11.1 Å². The summed E-state index contributed by atoms with van der Waals surface area (Å²) in [6.07, 6.45) is 0. The Morgan fingerprint density at radius 1 is 1.08 bits per heavy atom. The number of hydrogen-bond donors (Lipinski definition) is 2. The predicted molar refractivity (Wildman–Crippen MR) is 107 cm³/mol. The van der Waals surface area contributed by atoms with E-state index in [2.05, 4.69) is 22.0 Å². The Balaban J connectivity index is 0. The summed E-state index contributed by atoms with van der Waals surface area (Å²) in [6.45, 7) is 9.26. The molecule has 1 atom stereocenters. The Hall–Kier alpha value is -0.560. The molecule has 24 heavy (non-hydrogen) atoms. The monoisotopic (exact) mass is 398 g/mol. The maximum Gasteiger partial charge on any atom is 0.241 e. The van der Waals surface area contributed by atoms with Crippen molar-refractivity contribution >= 4 is 43.1 Å². The van der Waals surface area contributed by atoms with Crippen LogP contribution in [-0.2, 0) is 4.79 Å². The molecule has 0 radical (unpaired) electrons. The summed E-state index contributed by atoms with van der Waals surface area (Å²) in [5.41, 5.74) is 6.81. The van der Waals surface area contributed by atoms with Crippen LogP contribution in [0.3, 0.4) is 0 Å². The minimum absolute atomic E-state index is 0. The van der Waals surface area contributed by atoms with Crippen molar-refractivity contribution in [2.75, 3.05) is 45.8 Å². The van der Waals surface area contributed by atoms with Crippen molar-refractivity contribution in [1.29, 1.82) is 0 Å². The first-order valence-corrected chi connectivity index (χ1v) is 7.73. The quantitative estimate of drug-likeness (QED) is 0.764. The van der Waals surface area contributed by atoms with Crippen molar-refractivity contribution in [1.82, 2.24) is 15.1 Å². The molecule has 3 N–H and O–H groups in total. The number of benzene rings is 1. The van der Waals surface area contributed by atoms with Gasteiger partial charge in [-0.3, -0.25) is 9.69 Å². The molecule has 1 unspecified atom stereocenters. The molecule has 2 rings (SSSR count). The molecule has 1 saturated heterocycles. The molecule has 5 nitrogen and oxygen atoms in total. The highest BCUT2D eigenvalue weighted by Gasteiger charge is 2.17. The predicted octanol–water partition coefficient (Wildman–Crippen LogP) is 1.71. The summed E-state index contributed by atoms with van der Waals surface area (Å²) in [4.78, 5) is 16.9. The first kappa shape index (κ1) is 25.7. The molecule has 1 fully saturated rings. The van der Waals surface area contributed by atoms with Crippen LogP contribution in [0.2, 0.25) is 0 Å². The fourth-order valence-electron chi connectivity index (χ4n) is 2.59. The van der Waals surface area contributed by atoms with Crippen LogP contribution in [0, 0.1) is 0 Å². The van der Waals surface area contributed by atoms with Crippen molar-refractivity contribution in [3.8, 4) is 0 Å². The van der Waals surface area contributed by atoms with Gasteiger partial charge in [0.05, 0.1) is 0 Å². The molecule has 0 aromatic heterocycles. The van der Waals surface area contributed by atoms with Crippen LogP contribution in [0.25, 0.3) is 0 Å². The molecule has 1 aromatic carbocycles. The number of hydrogen-bond acceptors (Lipinski definition) is 4. The third kappa shape index (κ3) is 8.01. The first-order valence-electron chi connectivity index (χ1n) is 7.73. The van der Waals surface area contributed by atoms with Crippen molar-refractivity contribution < 1.29 is 4.79 Å². The SMILES string of the molecule is CCN1CCN(CCNC(=O)C(N)c2ccccc2)CC1.Cl.Cl.Cl. The second kappa shape index (κ2) is 13.7. The van der Waals surface area contributed by atoms with E-state index in [4.69, 9.17) is 5.73 Å². The van der Waals surface area contributed by atoms with E-state index in [1.54, 1.807) is 0 Å². The van der Waals surface area contributed by atoms with Crippen LogP contribution in [0.5, 0.6) is 0 Å². The fraction of sp³-hybridized carbons (Fsp3) is 0.562. The van der Waals surface area contributed by atoms with E-state index < -0.39 is 6.04 Å². The number of halogens is 3. The summed E-state index contributed by atoms with van der Waals surface area (Å²) in [5, 5.41) is 2.93. The second-order valence-electron chi connectivity index (χ2n) is 5.46. The van der Waals surface area contributed by atoms with Gasteiger partial charge in [0, 0.05) is 39.3 Å². The minimum Gasteiger partial charge on any atom is -0.353 e. The summed E-state index contributed by atoms with van der Waals surface area (Å²) in [7, 11) is 0. The number of nitrogens with two attached hydrogens (primary N) is 1. The number of amides is 1. The molecule has 140 valence electrons. The van der Waals surface area contributed by atoms with Gasteiger partial charge in [0.1, 0.15) is 6.04 Å². The maximum atomic E-state index is 12.0. The minimum atomic E-state index is -0.580. The summed E-state index contributed by atoms with van der Waals surface area (Å²) in [5.74, 6) is -0.103. The third-order valence-electron chi connectivity index (χ3n) is 4.08. The summed E-state index contributed by atoms with van der Waals surface area (Å²) < 4.78 is 0. The third-order valence-corrected chi connectivity index (χ3v) is 4.08. The lowest BCUT2D eigenvalue weighted by Gasteiger charge is -2.34. The number of carbonyl (C=O) groups excluding carboxylic acids is 1. The van der Waals surface area contributed by atoms with E-state index in [0.717, 1.165) is 44.8 Å². The lowest BCUT2D eigenvalue weighted by Crippen LogP contribution is -2.48. The largest absolute Gasteiger partial charge is 0.353 e. The molecule has 1 aromatic rings. The van der Waals surface area contributed by atoms with Crippen molar-refractivity contribution in [2.45, 2.75) is 13.0 Å². The maximum absolute atomic E-state index is 12.0. The fourth-order valence-corrected chi connectivity index (χ4v) is 2.59. The molecule has 1 heterocycles. The zero-order valence-corrected chi connectivity index (χ0v) is 16.5. The number of rotatable bonds is 6. The Labute approximate surface area is 163 Å². The van der Waals surface area contributed by atoms with Gasteiger partial charge in [-0.2, -0.15) is 0 Å². The number of nitrogens with one attached hydrogen (secondary N) is 1. The number of piperazine rings is 1. The lowest BCUT2D eigenvalue weighted by molar-refractivity contribution is -0.122. The molecule has 8 heteroatoms. The second-order valence-corrected chi connectivity index (χ2v) is 5.46. The Bertz CT molecular complexity index is 442. The van der Waals surface area contributed by atoms with Gasteiger partial charge < -0.3 is 16.0 Å². The average molecular weight is 400 g/mol. The number of carbonyl (C=O) groups is 1. The Morgan fingerprint density at radius 3 is 2.17 bits per heavy atom. The molecular weight excluding hydrogens is 371 g/mol. The molecule has 0 bridgehead atoms. The molecular formula is C16H29Cl3N4O. The molecule has 1 aliphatic heterocycles. The molecule has 0 saturated carbocycles. The molecule has 1 aliphatic rings. The van der Waals surface area contributed by atoms with E-state index in [0.29, 0.717) is 6.54 Å². The smallest absolute Gasteiger partial charge is 0.241 e. The van der Waals surface area contributed by atoms with E-state index in [1.165, 1.54) is 0 Å². The van der Waals surface area contributed by atoms with Crippen LogP contribution in [0.4, 0.5) is 0 Å². The van der Waals surface area contributed by atoms with Gasteiger partial charge >= 0.3 is 0 Å². The lowest BCUT2D eigenvalue weighted by atomic mass is 10.1. The van der Waals surface area contributed by atoms with E-state index in [1.807, 2.05) is 30.3 Å². The van der Waals surface area contributed by atoms with Gasteiger partial charge in [-0.05, 0) is 12.1 Å². The van der Waals surface area contributed by atoms with Crippen molar-refractivity contribution in [3.63, 3.8) is 0 Å². The average Bonchev–Trinajstić information content (AvgIpc) is 2.55. The molecule has 1 amide bonds. The Morgan fingerprint density at radius 2 is 1.62 bits per heavy atom. The van der Waals surface area contributed by atoms with Gasteiger partial charge in [0.15, 0.2) is 0 Å². The van der Waals surface area contributed by atoms with E-state index >= 15 is 0 Å². The Kier molecular flexibility index (Phi) is 14.7. The van der Waals surface area contributed by atoms with Gasteiger partial charge in [-0.15, -0.1) is 37.2 Å². The number of likely N-dealkylation sites (N-methyl/N-ethyl adjacent to an activating group) is 1. The van der Waals surface area contributed by atoms with Gasteiger partial charge in [0.2, 0.25) is 5.91 Å². The van der Waals surface area contributed by atoms with Crippen molar-refractivity contribution in [2.24, 2.45) is 5.73 Å². The summed E-state index contributed by atoms with van der Waals surface area (Å²) in [6, 6.07) is 8.90. The standard InChI is InChI=1S/C16H26N4O.3ClH/c1-2-19-10-12-20(13-11-19)9-8-18-16(21)15(17)14-6-4-3-5-7-14;;;/h3-7,15H,2,8-13,17H2,1H3,(H,18,21);3*1H. The van der Waals surface area contributed by atoms with Gasteiger partial charge in [0.25, 0.3) is 0 Å². The van der Waals surface area contributed by atoms with Crippen LogP contribution in [-0.4, -0.2) is 61.5 Å². The van der Waals surface area contributed by atoms with Crippen LogP contribution in [0.15, 0.2) is 30.3 Å². The van der Waals surface area contributed by atoms with E-state index in [9.17, 15) is 4.79 Å². The van der Waals surface area contributed by atoms with Crippen LogP contribution in [0.1, 0.15) is 18.5 Å². The van der Waals surface area contributed by atoms with Gasteiger partial charge in [-0.25, -0.2) is 0 Å². The van der Waals surface area contributed by atoms with Gasteiger partial charge in [-0.1, -0.05) is 37.3 Å². The topological polar surface area (TPSA) is 61.6 Å².